The highest BCUT2D eigenvalue weighted by molar-refractivity contribution is 14.0. The van der Waals surface area contributed by atoms with Crippen molar-refractivity contribution in [3.8, 4) is 11.5 Å². The second kappa shape index (κ2) is 10.6. The van der Waals surface area contributed by atoms with Crippen molar-refractivity contribution in [3.63, 3.8) is 0 Å². The number of aliphatic imine (C=N–C) groups is 1. The van der Waals surface area contributed by atoms with Gasteiger partial charge in [0.2, 0.25) is 0 Å². The molecule has 0 saturated carbocycles. The van der Waals surface area contributed by atoms with E-state index in [4.69, 9.17) is 4.74 Å². The van der Waals surface area contributed by atoms with Gasteiger partial charge >= 0.3 is 0 Å². The number of hydrogen-bond donors (Lipinski definition) is 2. The summed E-state index contributed by atoms with van der Waals surface area (Å²) in [6.07, 6.45) is 1.93. The van der Waals surface area contributed by atoms with Gasteiger partial charge in [0.25, 0.3) is 0 Å². The highest BCUT2D eigenvalue weighted by Gasteiger charge is 2.21. The molecule has 0 fully saturated rings. The van der Waals surface area contributed by atoms with Crippen molar-refractivity contribution in [2.75, 3.05) is 7.05 Å². The smallest absolute Gasteiger partial charge is 0.191 e. The van der Waals surface area contributed by atoms with Crippen molar-refractivity contribution in [1.29, 1.82) is 0 Å². The summed E-state index contributed by atoms with van der Waals surface area (Å²) in [5, 5.41) is 11.4. The predicted octanol–water partition coefficient (Wildman–Crippen LogP) is 3.99. The molecule has 0 bridgehead atoms. The third-order valence-electron chi connectivity index (χ3n) is 5.16. The summed E-state index contributed by atoms with van der Waals surface area (Å²) in [5.74, 6) is 4.34. The number of benzene rings is 2. The molecule has 8 heteroatoms. The molecule has 2 heterocycles. The summed E-state index contributed by atoms with van der Waals surface area (Å²) in [6.45, 7) is 5.40. The highest BCUT2D eigenvalue weighted by atomic mass is 127. The van der Waals surface area contributed by atoms with Crippen LogP contribution in [0, 0.1) is 13.8 Å². The lowest BCUT2D eigenvalue weighted by molar-refractivity contribution is 0.392. The van der Waals surface area contributed by atoms with Crippen molar-refractivity contribution >= 4 is 29.9 Å². The molecule has 2 N–H and O–H groups in total. The van der Waals surface area contributed by atoms with Crippen molar-refractivity contribution in [3.05, 3.63) is 71.3 Å². The molecule has 7 nitrogen and oxygen atoms in total. The van der Waals surface area contributed by atoms with Gasteiger partial charge in [-0.2, -0.15) is 5.10 Å². The Hall–Kier alpha value is -2.62. The zero-order valence-corrected chi connectivity index (χ0v) is 20.5. The fourth-order valence-corrected chi connectivity index (χ4v) is 3.67. The van der Waals surface area contributed by atoms with Crippen molar-refractivity contribution in [1.82, 2.24) is 25.4 Å². The van der Waals surface area contributed by atoms with Gasteiger partial charge in [0.1, 0.15) is 23.1 Å². The molecule has 0 radical (unpaired) electrons. The Labute approximate surface area is 200 Å². The molecule has 164 valence electrons. The fraction of sp³-hybridized carbons (Fsp3) is 0.348. The number of guanidine groups is 1. The van der Waals surface area contributed by atoms with E-state index < -0.39 is 0 Å². The molecule has 1 unspecified atom stereocenters. The number of aryl methyl sites for hydroxylation is 3. The minimum absolute atomic E-state index is 0. The van der Waals surface area contributed by atoms with Crippen LogP contribution in [0.1, 0.15) is 29.2 Å². The topological polar surface area (TPSA) is 76.4 Å². The quantitative estimate of drug-likeness (QED) is 0.296. The van der Waals surface area contributed by atoms with Crippen LogP contribution in [0.2, 0.25) is 0 Å². The first-order valence-corrected chi connectivity index (χ1v) is 10.3. The Morgan fingerprint density at radius 2 is 2.03 bits per heavy atom. The Morgan fingerprint density at radius 3 is 2.84 bits per heavy atom. The van der Waals surface area contributed by atoms with E-state index in [1.54, 1.807) is 7.05 Å². The number of nitrogens with one attached hydrogen (secondary N) is 2. The highest BCUT2D eigenvalue weighted by Crippen LogP contribution is 2.25. The van der Waals surface area contributed by atoms with Crippen molar-refractivity contribution in [2.45, 2.75) is 45.8 Å². The largest absolute Gasteiger partial charge is 0.457 e. The van der Waals surface area contributed by atoms with E-state index in [1.807, 2.05) is 48.0 Å². The summed E-state index contributed by atoms with van der Waals surface area (Å²) in [6, 6.07) is 16.4. The lowest BCUT2D eigenvalue weighted by atomic mass is 10.1. The molecule has 1 aliphatic heterocycles. The van der Waals surface area contributed by atoms with E-state index in [0.717, 1.165) is 54.1 Å². The Morgan fingerprint density at radius 1 is 1.19 bits per heavy atom. The van der Waals surface area contributed by atoms with Crippen LogP contribution in [0.15, 0.2) is 53.5 Å². The van der Waals surface area contributed by atoms with Crippen LogP contribution >= 0.6 is 24.0 Å². The number of ether oxygens (including phenoxy) is 1. The van der Waals surface area contributed by atoms with Gasteiger partial charge in [-0.25, -0.2) is 9.67 Å². The van der Waals surface area contributed by atoms with Crippen LogP contribution in [0.4, 0.5) is 0 Å². The second-order valence-corrected chi connectivity index (χ2v) is 7.59. The monoisotopic (exact) mass is 532 g/mol. The third-order valence-corrected chi connectivity index (χ3v) is 5.16. The van der Waals surface area contributed by atoms with Crippen molar-refractivity contribution in [2.24, 2.45) is 4.99 Å². The third kappa shape index (κ3) is 5.96. The molecular formula is C23H29IN6O. The summed E-state index contributed by atoms with van der Waals surface area (Å²) in [7, 11) is 1.79. The molecule has 0 amide bonds. The van der Waals surface area contributed by atoms with E-state index in [9.17, 15) is 0 Å². The molecule has 4 rings (SSSR count). The molecule has 1 aromatic heterocycles. The van der Waals surface area contributed by atoms with E-state index in [0.29, 0.717) is 6.54 Å². The minimum Gasteiger partial charge on any atom is -0.457 e. The van der Waals surface area contributed by atoms with Gasteiger partial charge in [0.15, 0.2) is 5.96 Å². The minimum atomic E-state index is 0. The van der Waals surface area contributed by atoms with Gasteiger partial charge < -0.3 is 15.4 Å². The summed E-state index contributed by atoms with van der Waals surface area (Å²) in [4.78, 5) is 8.87. The maximum atomic E-state index is 6.13. The second-order valence-electron chi connectivity index (χ2n) is 7.59. The number of halogens is 1. The Balaban J connectivity index is 0.00000272. The SMILES string of the molecule is CN=C(NCc1ccccc1Oc1cccc(C)c1)NC1CCc2nc(C)nn2C1.I. The number of para-hydroxylation sites is 1. The Kier molecular flexibility index (Phi) is 7.89. The zero-order valence-electron chi connectivity index (χ0n) is 18.1. The van der Waals surface area contributed by atoms with Crippen LogP contribution in [-0.4, -0.2) is 33.8 Å². The van der Waals surface area contributed by atoms with E-state index in [1.165, 1.54) is 5.56 Å². The average molecular weight is 532 g/mol. The number of nitrogens with zero attached hydrogens (tertiary/aromatic N) is 4. The lowest BCUT2D eigenvalue weighted by Gasteiger charge is -2.25. The molecule has 2 aromatic carbocycles. The van der Waals surface area contributed by atoms with Gasteiger partial charge in [-0.1, -0.05) is 30.3 Å². The van der Waals surface area contributed by atoms with Gasteiger partial charge in [-0.3, -0.25) is 4.99 Å². The van der Waals surface area contributed by atoms with Gasteiger partial charge in [0, 0.05) is 31.6 Å². The molecule has 0 saturated heterocycles. The van der Waals surface area contributed by atoms with Crippen LogP contribution in [0.5, 0.6) is 11.5 Å². The predicted molar refractivity (Wildman–Crippen MR) is 133 cm³/mol. The first-order valence-electron chi connectivity index (χ1n) is 10.3. The molecule has 0 spiro atoms. The number of fused-ring (bicyclic) bond motifs is 1. The molecule has 1 atom stereocenters. The Bertz CT molecular complexity index is 1050. The van der Waals surface area contributed by atoms with Gasteiger partial charge in [-0.15, -0.1) is 24.0 Å². The molecule has 3 aromatic rings. The zero-order chi connectivity index (χ0) is 20.9. The van der Waals surface area contributed by atoms with E-state index >= 15 is 0 Å². The average Bonchev–Trinajstić information content (AvgIpc) is 3.11. The van der Waals surface area contributed by atoms with Gasteiger partial charge in [0.05, 0.1) is 6.54 Å². The maximum absolute atomic E-state index is 6.13. The number of rotatable bonds is 5. The van der Waals surface area contributed by atoms with Crippen LogP contribution < -0.4 is 15.4 Å². The van der Waals surface area contributed by atoms with E-state index in [-0.39, 0.29) is 30.0 Å². The van der Waals surface area contributed by atoms with Crippen LogP contribution in [-0.2, 0) is 19.5 Å². The summed E-state index contributed by atoms with van der Waals surface area (Å²) >= 11 is 0. The molecule has 0 aliphatic carbocycles. The first kappa shape index (κ1) is 23.1. The lowest BCUT2D eigenvalue weighted by Crippen LogP contribution is -2.46. The summed E-state index contributed by atoms with van der Waals surface area (Å²) < 4.78 is 8.12. The maximum Gasteiger partial charge on any atom is 0.191 e. The van der Waals surface area contributed by atoms with Crippen LogP contribution in [0.25, 0.3) is 0 Å². The van der Waals surface area contributed by atoms with Crippen molar-refractivity contribution < 1.29 is 4.74 Å². The normalized spacial score (nSPS) is 15.6. The van der Waals surface area contributed by atoms with Gasteiger partial charge in [-0.05, 0) is 44.0 Å². The molecule has 31 heavy (non-hydrogen) atoms. The van der Waals surface area contributed by atoms with Crippen LogP contribution in [0.3, 0.4) is 0 Å². The number of aromatic nitrogens is 3. The molecular weight excluding hydrogens is 503 g/mol. The molecule has 1 aliphatic rings. The fourth-order valence-electron chi connectivity index (χ4n) is 3.67. The van der Waals surface area contributed by atoms with E-state index in [2.05, 4.69) is 44.8 Å². The number of hydrogen-bond acceptors (Lipinski definition) is 4. The standard InChI is InChI=1S/C23H28N6O.HI/c1-16-7-6-9-20(13-16)30-21-10-5-4-8-18(21)14-25-23(24-3)27-19-11-12-22-26-17(2)28-29(22)15-19;/h4-10,13,19H,11-12,14-15H2,1-3H3,(H2,24,25,27);1H. The summed E-state index contributed by atoms with van der Waals surface area (Å²) in [5.41, 5.74) is 2.24. The first-order chi connectivity index (χ1) is 14.6.